The van der Waals surface area contributed by atoms with Gasteiger partial charge in [0.2, 0.25) is 5.92 Å². The molecule has 3 N–H and O–H groups in total. The first-order chi connectivity index (χ1) is 9.41. The van der Waals surface area contributed by atoms with Gasteiger partial charge in [0.1, 0.15) is 11.6 Å². The highest BCUT2D eigenvalue weighted by atomic mass is 19.3. The van der Waals surface area contributed by atoms with Crippen molar-refractivity contribution in [1.82, 2.24) is 5.43 Å². The molecular weight excluding hydrogens is 272 g/mol. The van der Waals surface area contributed by atoms with Gasteiger partial charge in [-0.3, -0.25) is 11.3 Å². The molecule has 0 radical (unpaired) electrons. The summed E-state index contributed by atoms with van der Waals surface area (Å²) in [5.74, 6) is 1.57. The monoisotopic (exact) mass is 290 g/mol. The lowest BCUT2D eigenvalue weighted by molar-refractivity contribution is -0.0495. The van der Waals surface area contributed by atoms with Gasteiger partial charge < -0.3 is 0 Å². The maximum atomic E-state index is 13.6. The summed E-state index contributed by atoms with van der Waals surface area (Å²) < 4.78 is 52.7. The van der Waals surface area contributed by atoms with Crippen LogP contribution in [0.1, 0.15) is 31.2 Å². The van der Waals surface area contributed by atoms with Crippen LogP contribution in [0.2, 0.25) is 0 Å². The second kappa shape index (κ2) is 6.10. The van der Waals surface area contributed by atoms with Crippen LogP contribution in [0.3, 0.4) is 0 Å². The molecule has 6 heteroatoms. The number of benzene rings is 1. The number of halogens is 4. The summed E-state index contributed by atoms with van der Waals surface area (Å²) in [6.07, 6.45) is 0.637. The van der Waals surface area contributed by atoms with Crippen LogP contribution in [0.25, 0.3) is 0 Å². The van der Waals surface area contributed by atoms with Gasteiger partial charge >= 0.3 is 0 Å². The van der Waals surface area contributed by atoms with Crippen molar-refractivity contribution >= 4 is 0 Å². The average molecular weight is 290 g/mol. The van der Waals surface area contributed by atoms with Crippen molar-refractivity contribution in [3.05, 3.63) is 35.4 Å². The molecule has 1 saturated carbocycles. The molecule has 1 aliphatic rings. The molecule has 0 bridgehead atoms. The lowest BCUT2D eigenvalue weighted by Gasteiger charge is -2.33. The lowest BCUT2D eigenvalue weighted by atomic mass is 9.80. The molecule has 0 aliphatic heterocycles. The Morgan fingerprint density at radius 1 is 1.25 bits per heavy atom. The van der Waals surface area contributed by atoms with Crippen molar-refractivity contribution in [3.63, 3.8) is 0 Å². The molecule has 1 unspecified atom stereocenters. The van der Waals surface area contributed by atoms with Crippen LogP contribution in [-0.2, 0) is 6.42 Å². The summed E-state index contributed by atoms with van der Waals surface area (Å²) >= 11 is 0. The van der Waals surface area contributed by atoms with Crippen molar-refractivity contribution < 1.29 is 17.6 Å². The lowest BCUT2D eigenvalue weighted by Crippen LogP contribution is -2.45. The van der Waals surface area contributed by atoms with E-state index in [1.165, 1.54) is 12.1 Å². The van der Waals surface area contributed by atoms with E-state index in [4.69, 9.17) is 5.84 Å². The number of nitrogens with one attached hydrogen (secondary N) is 1. The molecule has 1 aliphatic carbocycles. The highest BCUT2D eigenvalue weighted by Gasteiger charge is 2.37. The summed E-state index contributed by atoms with van der Waals surface area (Å²) in [4.78, 5) is 0. The zero-order chi connectivity index (χ0) is 14.8. The fourth-order valence-corrected chi connectivity index (χ4v) is 2.75. The van der Waals surface area contributed by atoms with Crippen LogP contribution in [0.15, 0.2) is 18.2 Å². The zero-order valence-electron chi connectivity index (χ0n) is 11.0. The van der Waals surface area contributed by atoms with E-state index in [1.807, 2.05) is 0 Å². The van der Waals surface area contributed by atoms with Gasteiger partial charge in [-0.15, -0.1) is 0 Å². The molecule has 0 heterocycles. The van der Waals surface area contributed by atoms with Crippen LogP contribution in [0, 0.1) is 17.6 Å². The maximum Gasteiger partial charge on any atom is 0.248 e. The summed E-state index contributed by atoms with van der Waals surface area (Å²) in [6, 6.07) is 3.08. The first-order valence-electron chi connectivity index (χ1n) is 6.69. The summed E-state index contributed by atoms with van der Waals surface area (Å²) in [6.45, 7) is 0. The second-order valence-electron chi connectivity index (χ2n) is 5.41. The van der Waals surface area contributed by atoms with E-state index in [-0.39, 0.29) is 31.2 Å². The summed E-state index contributed by atoms with van der Waals surface area (Å²) in [5, 5.41) is 0. The Kier molecular flexibility index (Phi) is 4.65. The van der Waals surface area contributed by atoms with Crippen molar-refractivity contribution in [1.29, 1.82) is 0 Å². The van der Waals surface area contributed by atoms with Gasteiger partial charge in [0.25, 0.3) is 0 Å². The number of hydrazine groups is 1. The third-order valence-corrected chi connectivity index (χ3v) is 4.00. The van der Waals surface area contributed by atoms with Crippen molar-refractivity contribution in [2.45, 2.75) is 44.1 Å². The van der Waals surface area contributed by atoms with Crippen LogP contribution in [-0.4, -0.2) is 12.0 Å². The van der Waals surface area contributed by atoms with Gasteiger partial charge in [-0.1, -0.05) is 6.07 Å². The number of hydrogen-bond acceptors (Lipinski definition) is 2. The molecule has 1 aromatic carbocycles. The van der Waals surface area contributed by atoms with E-state index in [2.05, 4.69) is 5.43 Å². The minimum Gasteiger partial charge on any atom is -0.271 e. The standard InChI is InChI=1S/C14H18F4N2/c15-11-2-1-10(12(16)8-11)7-13(20-19)9-3-5-14(17,18)6-4-9/h1-2,8-9,13,20H,3-7,19H2. The van der Waals surface area contributed by atoms with E-state index < -0.39 is 17.6 Å². The molecule has 1 aromatic rings. The predicted octanol–water partition coefficient (Wildman–Crippen LogP) is 3.16. The van der Waals surface area contributed by atoms with Crippen molar-refractivity contribution in [2.75, 3.05) is 0 Å². The first kappa shape index (κ1) is 15.3. The molecule has 0 spiro atoms. The Morgan fingerprint density at radius 3 is 2.45 bits per heavy atom. The second-order valence-corrected chi connectivity index (χ2v) is 5.41. The first-order valence-corrected chi connectivity index (χ1v) is 6.69. The molecule has 2 nitrogen and oxygen atoms in total. The summed E-state index contributed by atoms with van der Waals surface area (Å²) in [5.41, 5.74) is 2.92. The largest absolute Gasteiger partial charge is 0.271 e. The van der Waals surface area contributed by atoms with Gasteiger partial charge in [-0.05, 0) is 36.8 Å². The molecule has 0 amide bonds. The number of hydrogen-bond donors (Lipinski definition) is 2. The fraction of sp³-hybridized carbons (Fsp3) is 0.571. The number of nitrogens with two attached hydrogens (primary N) is 1. The van der Waals surface area contributed by atoms with Gasteiger partial charge in [0, 0.05) is 24.9 Å². The topological polar surface area (TPSA) is 38.0 Å². The van der Waals surface area contributed by atoms with Crippen LogP contribution in [0.4, 0.5) is 17.6 Å². The quantitative estimate of drug-likeness (QED) is 0.508. The Hall–Kier alpha value is -1.14. The minimum atomic E-state index is -2.60. The zero-order valence-corrected chi connectivity index (χ0v) is 11.0. The Balaban J connectivity index is 2.02. The average Bonchev–Trinajstić information content (AvgIpc) is 2.39. The molecule has 20 heavy (non-hydrogen) atoms. The third-order valence-electron chi connectivity index (χ3n) is 4.00. The third kappa shape index (κ3) is 3.70. The number of rotatable bonds is 4. The van der Waals surface area contributed by atoms with Gasteiger partial charge in [0.15, 0.2) is 0 Å². The number of alkyl halides is 2. The fourth-order valence-electron chi connectivity index (χ4n) is 2.75. The Labute approximate surface area is 115 Å². The molecule has 112 valence electrons. The van der Waals surface area contributed by atoms with Crippen LogP contribution >= 0.6 is 0 Å². The Morgan fingerprint density at radius 2 is 1.90 bits per heavy atom. The van der Waals surface area contributed by atoms with E-state index in [0.29, 0.717) is 18.4 Å². The van der Waals surface area contributed by atoms with E-state index in [0.717, 1.165) is 6.07 Å². The van der Waals surface area contributed by atoms with Gasteiger partial charge in [-0.25, -0.2) is 17.6 Å². The minimum absolute atomic E-state index is 0.0240. The Bertz CT molecular complexity index is 454. The smallest absolute Gasteiger partial charge is 0.248 e. The molecule has 0 saturated heterocycles. The van der Waals surface area contributed by atoms with Crippen LogP contribution in [0.5, 0.6) is 0 Å². The van der Waals surface area contributed by atoms with Crippen molar-refractivity contribution in [2.24, 2.45) is 11.8 Å². The highest BCUT2D eigenvalue weighted by Crippen LogP contribution is 2.38. The van der Waals surface area contributed by atoms with E-state index >= 15 is 0 Å². The van der Waals surface area contributed by atoms with Gasteiger partial charge in [0.05, 0.1) is 0 Å². The summed E-state index contributed by atoms with van der Waals surface area (Å²) in [7, 11) is 0. The molecule has 0 aromatic heterocycles. The van der Waals surface area contributed by atoms with Gasteiger partial charge in [-0.2, -0.15) is 0 Å². The highest BCUT2D eigenvalue weighted by molar-refractivity contribution is 5.19. The maximum absolute atomic E-state index is 13.6. The van der Waals surface area contributed by atoms with Crippen molar-refractivity contribution in [3.8, 4) is 0 Å². The molecule has 2 rings (SSSR count). The SMILES string of the molecule is NNC(Cc1ccc(F)cc1F)C1CCC(F)(F)CC1. The normalized spacial score (nSPS) is 20.9. The van der Waals surface area contributed by atoms with E-state index in [9.17, 15) is 17.6 Å². The molecular formula is C14H18F4N2. The molecule has 1 fully saturated rings. The predicted molar refractivity (Wildman–Crippen MR) is 68.1 cm³/mol. The van der Waals surface area contributed by atoms with Crippen LogP contribution < -0.4 is 11.3 Å². The van der Waals surface area contributed by atoms with E-state index in [1.54, 1.807) is 0 Å². The molecule has 1 atom stereocenters.